The minimum absolute atomic E-state index is 0.983. The second kappa shape index (κ2) is 4.98. The predicted molar refractivity (Wildman–Crippen MR) is 75.1 cm³/mol. The Bertz CT molecular complexity index is 463. The molecule has 0 N–H and O–H groups in total. The van der Waals surface area contributed by atoms with E-state index in [-0.39, 0.29) is 0 Å². The summed E-state index contributed by atoms with van der Waals surface area (Å²) in [5.41, 5.74) is 0. The fourth-order valence-electron chi connectivity index (χ4n) is 1.37. The molecule has 0 amide bonds. The van der Waals surface area contributed by atoms with Crippen molar-refractivity contribution in [3.8, 4) is 0 Å². The van der Waals surface area contributed by atoms with Gasteiger partial charge in [0.2, 0.25) is 0 Å². The van der Waals surface area contributed by atoms with E-state index in [1.807, 2.05) is 30.3 Å². The average Bonchev–Trinajstić information content (AvgIpc) is 2.30. The van der Waals surface area contributed by atoms with Crippen molar-refractivity contribution in [1.29, 1.82) is 0 Å². The Morgan fingerprint density at radius 2 is 1.33 bits per heavy atom. The predicted octanol–water partition coefficient (Wildman–Crippen LogP) is 2.60. The highest BCUT2D eigenvalue weighted by Crippen LogP contribution is 2.20. The quantitative estimate of drug-likeness (QED) is 0.631. The molecule has 0 nitrogen and oxygen atoms in total. The largest absolute Gasteiger partial charge is 0.143 e. The van der Waals surface area contributed by atoms with E-state index in [2.05, 4.69) is 36.9 Å². The van der Waals surface area contributed by atoms with Crippen LogP contribution in [0.4, 0.5) is 0 Å². The first kappa shape index (κ1) is 10.9. The third-order valence-electron chi connectivity index (χ3n) is 2.17. The summed E-state index contributed by atoms with van der Waals surface area (Å²) in [6, 6.07) is 18.5. The van der Waals surface area contributed by atoms with Crippen LogP contribution in [-0.4, -0.2) is 0 Å². The lowest BCUT2D eigenvalue weighted by atomic mass is 10.4. The number of thiol groups is 1. The topological polar surface area (TPSA) is 0 Å². The van der Waals surface area contributed by atoms with E-state index in [1.165, 1.54) is 10.6 Å². The van der Waals surface area contributed by atoms with Gasteiger partial charge in [-0.2, -0.15) is 0 Å². The van der Waals surface area contributed by atoms with Crippen LogP contribution in [0.5, 0.6) is 0 Å². The highest BCUT2D eigenvalue weighted by molar-refractivity contribution is 8.12. The smallest absolute Gasteiger partial charge is 0.00404 e. The van der Waals surface area contributed by atoms with Crippen molar-refractivity contribution in [3.63, 3.8) is 0 Å². The summed E-state index contributed by atoms with van der Waals surface area (Å²) < 4.78 is 0. The van der Waals surface area contributed by atoms with Crippen molar-refractivity contribution in [3.05, 3.63) is 54.6 Å². The Balaban J connectivity index is 2.33. The molecule has 0 aliphatic carbocycles. The van der Waals surface area contributed by atoms with E-state index in [1.54, 1.807) is 0 Å². The van der Waals surface area contributed by atoms with Crippen LogP contribution in [0.2, 0.25) is 0 Å². The summed E-state index contributed by atoms with van der Waals surface area (Å²) in [6.45, 7) is -1.01. The van der Waals surface area contributed by atoms with Crippen molar-refractivity contribution in [2.75, 3.05) is 0 Å². The zero-order chi connectivity index (χ0) is 10.7. The van der Waals surface area contributed by atoms with E-state index in [0.717, 1.165) is 4.90 Å². The highest BCUT2D eigenvalue weighted by Gasteiger charge is 2.01. The van der Waals surface area contributed by atoms with Crippen molar-refractivity contribution in [2.45, 2.75) is 4.90 Å². The molecule has 0 spiro atoms. The Labute approximate surface area is 101 Å². The Hall–Kier alpha value is -0.560. The fourth-order valence-corrected chi connectivity index (χ4v) is 3.63. The van der Waals surface area contributed by atoms with Crippen LogP contribution in [0, 0.1) is 0 Å². The van der Waals surface area contributed by atoms with Gasteiger partial charge in [-0.15, -0.1) is 12.6 Å². The highest BCUT2D eigenvalue weighted by atomic mass is 32.4. The molecule has 2 aromatic rings. The zero-order valence-corrected chi connectivity index (χ0v) is 10.8. The molecule has 1 atom stereocenters. The van der Waals surface area contributed by atoms with E-state index >= 15 is 0 Å². The van der Waals surface area contributed by atoms with Gasteiger partial charge in [-0.05, 0) is 29.4 Å². The van der Waals surface area contributed by atoms with E-state index in [4.69, 9.17) is 11.8 Å². The van der Waals surface area contributed by atoms with Crippen LogP contribution in [0.3, 0.4) is 0 Å². The Kier molecular flexibility index (Phi) is 3.63. The van der Waals surface area contributed by atoms with Crippen LogP contribution < -0.4 is 10.6 Å². The number of rotatable bonds is 2. The maximum absolute atomic E-state index is 5.59. The molecular weight excluding hydrogens is 239 g/mol. The first-order valence-electron chi connectivity index (χ1n) is 4.66. The molecule has 15 heavy (non-hydrogen) atoms. The maximum Gasteiger partial charge on any atom is 0.00404 e. The lowest BCUT2D eigenvalue weighted by Gasteiger charge is -2.05. The van der Waals surface area contributed by atoms with Crippen molar-refractivity contribution in [1.82, 2.24) is 0 Å². The molecule has 0 saturated carbocycles. The molecule has 76 valence electrons. The third-order valence-corrected chi connectivity index (χ3v) is 5.59. The van der Waals surface area contributed by atoms with E-state index in [9.17, 15) is 0 Å². The molecule has 0 fully saturated rings. The van der Waals surface area contributed by atoms with Crippen molar-refractivity contribution < 1.29 is 0 Å². The monoisotopic (exact) mass is 250 g/mol. The normalized spacial score (nSPS) is 12.3. The second-order valence-electron chi connectivity index (χ2n) is 3.24. The second-order valence-corrected chi connectivity index (χ2v) is 6.80. The minimum atomic E-state index is -1.01. The molecule has 0 aliphatic heterocycles. The van der Waals surface area contributed by atoms with E-state index < -0.39 is 6.70 Å². The molecule has 0 heterocycles. The summed E-state index contributed by atoms with van der Waals surface area (Å²) >= 11 is 9.86. The molecule has 3 heteroatoms. The molecule has 1 unspecified atom stereocenters. The summed E-state index contributed by atoms with van der Waals surface area (Å²) in [5, 5.41) is 2.52. The number of benzene rings is 2. The molecule has 0 aliphatic rings. The van der Waals surface area contributed by atoms with Crippen LogP contribution in [0.15, 0.2) is 59.5 Å². The summed E-state index contributed by atoms with van der Waals surface area (Å²) in [6.07, 6.45) is 0. The fraction of sp³-hybridized carbons (Fsp3) is 0. The summed E-state index contributed by atoms with van der Waals surface area (Å²) in [5.74, 6) is 0. The van der Waals surface area contributed by atoms with Crippen LogP contribution in [-0.2, 0) is 11.8 Å². The average molecular weight is 250 g/mol. The van der Waals surface area contributed by atoms with E-state index in [0.29, 0.717) is 0 Å². The van der Waals surface area contributed by atoms with Crippen LogP contribution in [0.1, 0.15) is 0 Å². The van der Waals surface area contributed by atoms with Crippen LogP contribution >= 0.6 is 19.3 Å². The lowest BCUT2D eigenvalue weighted by Crippen LogP contribution is -2.05. The minimum Gasteiger partial charge on any atom is -0.143 e. The molecule has 0 aromatic heterocycles. The summed E-state index contributed by atoms with van der Waals surface area (Å²) in [4.78, 5) is 0.983. The first-order valence-corrected chi connectivity index (χ1v) is 7.74. The van der Waals surface area contributed by atoms with Gasteiger partial charge in [-0.1, -0.05) is 54.3 Å². The van der Waals surface area contributed by atoms with Gasteiger partial charge in [-0.3, -0.25) is 0 Å². The molecule has 0 radical (unpaired) electrons. The molecular formula is C12H11PS2. The zero-order valence-electron chi connectivity index (χ0n) is 8.05. The van der Waals surface area contributed by atoms with Gasteiger partial charge >= 0.3 is 0 Å². The first-order chi connectivity index (χ1) is 7.27. The van der Waals surface area contributed by atoms with Gasteiger partial charge in [0.25, 0.3) is 0 Å². The molecule has 2 aromatic carbocycles. The van der Waals surface area contributed by atoms with Crippen molar-refractivity contribution in [2.24, 2.45) is 0 Å². The third kappa shape index (κ3) is 2.72. The van der Waals surface area contributed by atoms with Crippen molar-refractivity contribution >= 4 is 41.7 Å². The molecule has 0 bridgehead atoms. The SMILES string of the molecule is S=[PH](c1ccccc1)c1ccc(S)cc1. The maximum atomic E-state index is 5.59. The van der Waals surface area contributed by atoms with Gasteiger partial charge in [0.1, 0.15) is 0 Å². The van der Waals surface area contributed by atoms with Gasteiger partial charge < -0.3 is 0 Å². The molecule has 0 saturated heterocycles. The van der Waals surface area contributed by atoms with Gasteiger partial charge in [0, 0.05) is 4.90 Å². The standard InChI is InChI=1S/C12H11PS2/c14-12-8-6-11(7-9-12)13(15)10-4-2-1-3-5-10/h1-9,13-14H. The van der Waals surface area contributed by atoms with Gasteiger partial charge in [0.05, 0.1) is 0 Å². The van der Waals surface area contributed by atoms with Gasteiger partial charge in [-0.25, -0.2) is 0 Å². The summed E-state index contributed by atoms with van der Waals surface area (Å²) in [7, 11) is 0. The molecule has 2 rings (SSSR count). The number of hydrogen-bond donors (Lipinski definition) is 1. The van der Waals surface area contributed by atoms with Crippen LogP contribution in [0.25, 0.3) is 0 Å². The number of hydrogen-bond acceptors (Lipinski definition) is 2. The Morgan fingerprint density at radius 1 is 0.800 bits per heavy atom. The lowest BCUT2D eigenvalue weighted by molar-refractivity contribution is 1.50. The Morgan fingerprint density at radius 3 is 1.93 bits per heavy atom. The van der Waals surface area contributed by atoms with Gasteiger partial charge in [0.15, 0.2) is 0 Å².